The Labute approximate surface area is 173 Å². The van der Waals surface area contributed by atoms with Crippen LogP contribution in [0.15, 0.2) is 53.5 Å². The Hall–Kier alpha value is -2.69. The van der Waals surface area contributed by atoms with E-state index in [4.69, 9.17) is 9.47 Å². The van der Waals surface area contributed by atoms with Gasteiger partial charge in [0.05, 0.1) is 14.2 Å². The molecule has 1 N–H and O–H groups in total. The maximum absolute atomic E-state index is 5.44. The lowest BCUT2D eigenvalue weighted by Crippen LogP contribution is -2.40. The van der Waals surface area contributed by atoms with Crippen molar-refractivity contribution in [2.45, 2.75) is 24.7 Å². The van der Waals surface area contributed by atoms with Crippen LogP contribution in [0.1, 0.15) is 35.8 Å². The van der Waals surface area contributed by atoms with Gasteiger partial charge in [-0.3, -0.25) is 4.99 Å². The fraction of sp³-hybridized carbons (Fsp3) is 0.458. The van der Waals surface area contributed by atoms with Crippen LogP contribution in [0.25, 0.3) is 0 Å². The van der Waals surface area contributed by atoms with Crippen LogP contribution in [-0.4, -0.2) is 51.8 Å². The number of guanidine groups is 1. The monoisotopic (exact) mass is 393 g/mol. The van der Waals surface area contributed by atoms with Crippen LogP contribution in [0.3, 0.4) is 0 Å². The molecule has 0 bridgehead atoms. The number of aliphatic imine (C=N–C) groups is 1. The lowest BCUT2D eigenvalue weighted by Gasteiger charge is -2.22. The molecule has 3 atom stereocenters. The number of hydrogen-bond acceptors (Lipinski definition) is 3. The van der Waals surface area contributed by atoms with Gasteiger partial charge >= 0.3 is 0 Å². The van der Waals surface area contributed by atoms with Gasteiger partial charge in [0.15, 0.2) is 5.96 Å². The Morgan fingerprint density at radius 1 is 1.07 bits per heavy atom. The molecule has 2 aliphatic rings. The van der Waals surface area contributed by atoms with E-state index in [0.717, 1.165) is 43.5 Å². The first kappa shape index (κ1) is 19.6. The van der Waals surface area contributed by atoms with Crippen LogP contribution in [0.2, 0.25) is 0 Å². The standard InChI is InChI=1S/C24H31N3O2/c1-25-24(26-15-20-13-23(20)17-7-5-4-6-8-17)27-10-9-18(16-27)19-11-21(28-2)14-22(12-19)29-3/h4-8,11-12,14,18,20,23H,9-10,13,15-16H2,1-3H3,(H,25,26). The molecule has 2 aromatic rings. The number of rotatable bonds is 6. The van der Waals surface area contributed by atoms with Crippen molar-refractivity contribution < 1.29 is 9.47 Å². The van der Waals surface area contributed by atoms with Gasteiger partial charge in [-0.2, -0.15) is 0 Å². The van der Waals surface area contributed by atoms with Gasteiger partial charge in [-0.25, -0.2) is 0 Å². The average Bonchev–Trinajstić information content (AvgIpc) is 3.39. The predicted octanol–water partition coefficient (Wildman–Crippen LogP) is 3.87. The molecular formula is C24H31N3O2. The number of methoxy groups -OCH3 is 2. The van der Waals surface area contributed by atoms with Crippen molar-refractivity contribution in [1.82, 2.24) is 10.2 Å². The van der Waals surface area contributed by atoms with Crippen molar-refractivity contribution >= 4 is 5.96 Å². The summed E-state index contributed by atoms with van der Waals surface area (Å²) < 4.78 is 10.9. The average molecular weight is 394 g/mol. The molecule has 5 nitrogen and oxygen atoms in total. The van der Waals surface area contributed by atoms with Crippen molar-refractivity contribution in [3.8, 4) is 11.5 Å². The normalized spacial score (nSPS) is 23.8. The van der Waals surface area contributed by atoms with Gasteiger partial charge in [0.2, 0.25) is 0 Å². The molecular weight excluding hydrogens is 362 g/mol. The van der Waals surface area contributed by atoms with E-state index in [2.05, 4.69) is 57.7 Å². The third kappa shape index (κ3) is 4.50. The van der Waals surface area contributed by atoms with Crippen LogP contribution in [0.4, 0.5) is 0 Å². The number of ether oxygens (including phenoxy) is 2. The smallest absolute Gasteiger partial charge is 0.193 e. The van der Waals surface area contributed by atoms with Crippen molar-refractivity contribution in [2.24, 2.45) is 10.9 Å². The highest BCUT2D eigenvalue weighted by Crippen LogP contribution is 2.46. The van der Waals surface area contributed by atoms with Crippen molar-refractivity contribution in [2.75, 3.05) is 40.9 Å². The second-order valence-electron chi connectivity index (χ2n) is 8.02. The van der Waals surface area contributed by atoms with E-state index in [-0.39, 0.29) is 0 Å². The Balaban J connectivity index is 1.33. The summed E-state index contributed by atoms with van der Waals surface area (Å²) in [4.78, 5) is 6.92. The minimum absolute atomic E-state index is 0.454. The third-order valence-electron chi connectivity index (χ3n) is 6.22. The van der Waals surface area contributed by atoms with Crippen LogP contribution >= 0.6 is 0 Å². The second kappa shape index (κ2) is 8.76. The van der Waals surface area contributed by atoms with Gasteiger partial charge in [-0.05, 0) is 47.9 Å². The maximum Gasteiger partial charge on any atom is 0.193 e. The molecule has 1 aliphatic heterocycles. The van der Waals surface area contributed by atoms with Crippen LogP contribution in [0.5, 0.6) is 11.5 Å². The molecule has 2 aromatic carbocycles. The highest BCUT2D eigenvalue weighted by molar-refractivity contribution is 5.80. The summed E-state index contributed by atoms with van der Waals surface area (Å²) in [6, 6.07) is 17.0. The van der Waals surface area contributed by atoms with Crippen LogP contribution in [-0.2, 0) is 0 Å². The van der Waals surface area contributed by atoms with Crippen molar-refractivity contribution in [3.05, 3.63) is 59.7 Å². The zero-order chi connectivity index (χ0) is 20.2. The van der Waals surface area contributed by atoms with E-state index < -0.39 is 0 Å². The van der Waals surface area contributed by atoms with E-state index in [1.165, 1.54) is 17.5 Å². The molecule has 29 heavy (non-hydrogen) atoms. The van der Waals surface area contributed by atoms with Gasteiger partial charge in [-0.1, -0.05) is 30.3 Å². The molecule has 1 aliphatic carbocycles. The Kier molecular flexibility index (Phi) is 5.93. The largest absolute Gasteiger partial charge is 0.497 e. The zero-order valence-corrected chi connectivity index (χ0v) is 17.6. The van der Waals surface area contributed by atoms with Gasteiger partial charge < -0.3 is 19.7 Å². The highest BCUT2D eigenvalue weighted by Gasteiger charge is 2.38. The van der Waals surface area contributed by atoms with Crippen molar-refractivity contribution in [3.63, 3.8) is 0 Å². The summed E-state index contributed by atoms with van der Waals surface area (Å²) in [7, 11) is 5.28. The first-order valence-corrected chi connectivity index (χ1v) is 10.4. The topological polar surface area (TPSA) is 46.1 Å². The first-order valence-electron chi connectivity index (χ1n) is 10.4. The minimum atomic E-state index is 0.454. The quantitative estimate of drug-likeness (QED) is 0.598. The zero-order valence-electron chi connectivity index (χ0n) is 17.6. The first-order chi connectivity index (χ1) is 14.2. The van der Waals surface area contributed by atoms with Gasteiger partial charge in [0.25, 0.3) is 0 Å². The SMILES string of the molecule is CN=C(NCC1CC1c1ccccc1)N1CCC(c2cc(OC)cc(OC)c2)C1. The molecule has 5 heteroatoms. The molecule has 2 fully saturated rings. The van der Waals surface area contributed by atoms with Crippen molar-refractivity contribution in [1.29, 1.82) is 0 Å². The van der Waals surface area contributed by atoms with Crippen LogP contribution < -0.4 is 14.8 Å². The summed E-state index contributed by atoms with van der Waals surface area (Å²) in [5.41, 5.74) is 2.73. The van der Waals surface area contributed by atoms with Crippen LogP contribution in [0, 0.1) is 5.92 Å². The molecule has 4 rings (SSSR count). The summed E-state index contributed by atoms with van der Waals surface area (Å²) >= 11 is 0. The third-order valence-corrected chi connectivity index (χ3v) is 6.22. The van der Waals surface area contributed by atoms with E-state index in [1.807, 2.05) is 13.1 Å². The summed E-state index contributed by atoms with van der Waals surface area (Å²) in [5, 5.41) is 3.62. The second-order valence-corrected chi connectivity index (χ2v) is 8.02. The molecule has 0 aromatic heterocycles. The predicted molar refractivity (Wildman–Crippen MR) is 117 cm³/mol. The van der Waals surface area contributed by atoms with E-state index >= 15 is 0 Å². The molecule has 1 saturated heterocycles. The van der Waals surface area contributed by atoms with E-state index in [1.54, 1.807) is 14.2 Å². The number of hydrogen-bond donors (Lipinski definition) is 1. The number of nitrogens with zero attached hydrogens (tertiary/aromatic N) is 2. The molecule has 0 radical (unpaired) electrons. The fourth-order valence-electron chi connectivity index (χ4n) is 4.43. The number of benzene rings is 2. The Morgan fingerprint density at radius 2 is 1.79 bits per heavy atom. The Bertz CT molecular complexity index is 830. The lowest BCUT2D eigenvalue weighted by atomic mass is 9.98. The number of likely N-dealkylation sites (tertiary alicyclic amines) is 1. The molecule has 1 heterocycles. The van der Waals surface area contributed by atoms with Gasteiger partial charge in [-0.15, -0.1) is 0 Å². The van der Waals surface area contributed by atoms with E-state index in [0.29, 0.717) is 17.8 Å². The molecule has 3 unspecified atom stereocenters. The molecule has 154 valence electrons. The highest BCUT2D eigenvalue weighted by atomic mass is 16.5. The lowest BCUT2D eigenvalue weighted by molar-refractivity contribution is 0.392. The molecule has 0 amide bonds. The Morgan fingerprint density at radius 3 is 2.45 bits per heavy atom. The summed E-state index contributed by atoms with van der Waals surface area (Å²) in [5.74, 6) is 4.56. The summed E-state index contributed by atoms with van der Waals surface area (Å²) in [6.45, 7) is 2.96. The molecule has 1 saturated carbocycles. The van der Waals surface area contributed by atoms with E-state index in [9.17, 15) is 0 Å². The summed E-state index contributed by atoms with van der Waals surface area (Å²) in [6.07, 6.45) is 2.37. The molecule has 0 spiro atoms. The minimum Gasteiger partial charge on any atom is -0.497 e. The fourth-order valence-corrected chi connectivity index (χ4v) is 4.43. The number of nitrogens with one attached hydrogen (secondary N) is 1. The van der Waals surface area contributed by atoms with Gasteiger partial charge in [0, 0.05) is 38.7 Å². The van der Waals surface area contributed by atoms with Gasteiger partial charge in [0.1, 0.15) is 11.5 Å². The maximum atomic E-state index is 5.44.